The Balaban J connectivity index is 2.25. The molecule has 0 atom stereocenters. The van der Waals surface area contributed by atoms with Gasteiger partial charge in [-0.2, -0.15) is 0 Å². The maximum Gasteiger partial charge on any atom is 0.129 e. The topological polar surface area (TPSA) is 22.1 Å². The van der Waals surface area contributed by atoms with E-state index in [9.17, 15) is 0 Å². The summed E-state index contributed by atoms with van der Waals surface area (Å²) >= 11 is 5.74. The zero-order chi connectivity index (χ0) is 10.4. The molecule has 0 unspecified atom stereocenters. The molecular weight excluding hydrogens is 198 g/mol. The second-order valence-electron chi connectivity index (χ2n) is 3.72. The summed E-state index contributed by atoms with van der Waals surface area (Å²) in [6.45, 7) is 5.80. The normalized spacial score (nSPS) is 10.9. The first-order valence-corrected chi connectivity index (χ1v) is 5.24. The lowest BCUT2D eigenvalue weighted by Gasteiger charge is -2.06. The number of aromatic nitrogens is 1. The SMILES string of the molecule is CC(C)CCOCc1ccnc(Cl)c1. The summed E-state index contributed by atoms with van der Waals surface area (Å²) in [6, 6.07) is 3.75. The molecule has 1 heterocycles. The summed E-state index contributed by atoms with van der Waals surface area (Å²) in [7, 11) is 0. The Morgan fingerprint density at radius 2 is 2.29 bits per heavy atom. The Kier molecular flexibility index (Phi) is 4.91. The van der Waals surface area contributed by atoms with Gasteiger partial charge in [-0.3, -0.25) is 0 Å². The second kappa shape index (κ2) is 5.99. The fraction of sp³-hybridized carbons (Fsp3) is 0.545. The fourth-order valence-electron chi connectivity index (χ4n) is 1.04. The molecule has 1 aromatic heterocycles. The number of halogens is 1. The quantitative estimate of drug-likeness (QED) is 0.553. The van der Waals surface area contributed by atoms with Crippen LogP contribution in [-0.4, -0.2) is 11.6 Å². The smallest absolute Gasteiger partial charge is 0.129 e. The van der Waals surface area contributed by atoms with E-state index in [1.165, 1.54) is 0 Å². The van der Waals surface area contributed by atoms with Crippen LogP contribution in [0.3, 0.4) is 0 Å². The van der Waals surface area contributed by atoms with Crippen molar-refractivity contribution in [3.63, 3.8) is 0 Å². The Labute approximate surface area is 90.3 Å². The lowest BCUT2D eigenvalue weighted by atomic mass is 10.1. The summed E-state index contributed by atoms with van der Waals surface area (Å²) < 4.78 is 5.50. The zero-order valence-corrected chi connectivity index (χ0v) is 9.42. The van der Waals surface area contributed by atoms with Crippen molar-refractivity contribution in [3.05, 3.63) is 29.0 Å². The highest BCUT2D eigenvalue weighted by Crippen LogP contribution is 2.08. The number of hydrogen-bond donors (Lipinski definition) is 0. The minimum atomic E-state index is 0.523. The van der Waals surface area contributed by atoms with Crippen LogP contribution in [0.2, 0.25) is 5.15 Å². The zero-order valence-electron chi connectivity index (χ0n) is 8.66. The largest absolute Gasteiger partial charge is 0.377 e. The molecule has 0 N–H and O–H groups in total. The third-order valence-electron chi connectivity index (χ3n) is 1.90. The molecule has 78 valence electrons. The molecule has 0 fully saturated rings. The van der Waals surface area contributed by atoms with E-state index < -0.39 is 0 Å². The predicted molar refractivity (Wildman–Crippen MR) is 58.4 cm³/mol. The highest BCUT2D eigenvalue weighted by atomic mass is 35.5. The molecule has 3 heteroatoms. The first-order valence-electron chi connectivity index (χ1n) is 4.86. The van der Waals surface area contributed by atoms with Crippen LogP contribution in [0, 0.1) is 5.92 Å². The maximum absolute atomic E-state index is 5.74. The van der Waals surface area contributed by atoms with Crippen LogP contribution in [0.4, 0.5) is 0 Å². The van der Waals surface area contributed by atoms with Gasteiger partial charge in [-0.05, 0) is 30.0 Å². The minimum Gasteiger partial charge on any atom is -0.377 e. The van der Waals surface area contributed by atoms with Crippen molar-refractivity contribution in [1.82, 2.24) is 4.98 Å². The number of hydrogen-bond acceptors (Lipinski definition) is 2. The van der Waals surface area contributed by atoms with Gasteiger partial charge in [0.15, 0.2) is 0 Å². The second-order valence-corrected chi connectivity index (χ2v) is 4.11. The van der Waals surface area contributed by atoms with Gasteiger partial charge in [0.1, 0.15) is 5.15 Å². The molecule has 0 saturated heterocycles. The molecule has 0 amide bonds. The number of pyridine rings is 1. The maximum atomic E-state index is 5.74. The number of rotatable bonds is 5. The van der Waals surface area contributed by atoms with Crippen molar-refractivity contribution >= 4 is 11.6 Å². The Bertz CT molecular complexity index is 276. The number of nitrogens with zero attached hydrogens (tertiary/aromatic N) is 1. The highest BCUT2D eigenvalue weighted by molar-refractivity contribution is 6.29. The molecule has 2 nitrogen and oxygen atoms in total. The molecule has 1 aromatic rings. The van der Waals surface area contributed by atoms with Crippen molar-refractivity contribution in [2.75, 3.05) is 6.61 Å². The van der Waals surface area contributed by atoms with E-state index in [4.69, 9.17) is 16.3 Å². The van der Waals surface area contributed by atoms with Crippen molar-refractivity contribution < 1.29 is 4.74 Å². The van der Waals surface area contributed by atoms with E-state index in [1.807, 2.05) is 12.1 Å². The van der Waals surface area contributed by atoms with Crippen LogP contribution < -0.4 is 0 Å². The van der Waals surface area contributed by atoms with Gasteiger partial charge in [-0.25, -0.2) is 4.98 Å². The Morgan fingerprint density at radius 1 is 1.50 bits per heavy atom. The lowest BCUT2D eigenvalue weighted by molar-refractivity contribution is 0.110. The average Bonchev–Trinajstić information content (AvgIpc) is 2.12. The molecule has 0 aliphatic carbocycles. The molecule has 0 bridgehead atoms. The fourth-order valence-corrected chi connectivity index (χ4v) is 1.24. The van der Waals surface area contributed by atoms with E-state index in [0.717, 1.165) is 18.6 Å². The van der Waals surface area contributed by atoms with E-state index in [-0.39, 0.29) is 0 Å². The Morgan fingerprint density at radius 3 is 2.93 bits per heavy atom. The van der Waals surface area contributed by atoms with E-state index in [1.54, 1.807) is 6.20 Å². The van der Waals surface area contributed by atoms with Crippen LogP contribution in [0.25, 0.3) is 0 Å². The van der Waals surface area contributed by atoms with Crippen molar-refractivity contribution in [1.29, 1.82) is 0 Å². The van der Waals surface area contributed by atoms with Gasteiger partial charge in [0.25, 0.3) is 0 Å². The first kappa shape index (κ1) is 11.5. The summed E-state index contributed by atoms with van der Waals surface area (Å²) in [5, 5.41) is 0.523. The molecule has 0 saturated carbocycles. The Hall–Kier alpha value is -0.600. The van der Waals surface area contributed by atoms with Crippen molar-refractivity contribution in [2.24, 2.45) is 5.92 Å². The average molecular weight is 214 g/mol. The predicted octanol–water partition coefficient (Wildman–Crippen LogP) is 3.30. The van der Waals surface area contributed by atoms with Gasteiger partial charge in [0, 0.05) is 12.8 Å². The third kappa shape index (κ3) is 4.58. The van der Waals surface area contributed by atoms with Crippen LogP contribution in [-0.2, 0) is 11.3 Å². The van der Waals surface area contributed by atoms with Gasteiger partial charge in [0.2, 0.25) is 0 Å². The van der Waals surface area contributed by atoms with Gasteiger partial charge in [0.05, 0.1) is 6.61 Å². The van der Waals surface area contributed by atoms with Gasteiger partial charge >= 0.3 is 0 Å². The summed E-state index contributed by atoms with van der Waals surface area (Å²) in [6.07, 6.45) is 2.79. The standard InChI is InChI=1S/C11H16ClNO/c1-9(2)4-6-14-8-10-3-5-13-11(12)7-10/h3,5,7,9H,4,6,8H2,1-2H3. The van der Waals surface area contributed by atoms with Gasteiger partial charge in [-0.15, -0.1) is 0 Å². The van der Waals surface area contributed by atoms with Gasteiger partial charge in [-0.1, -0.05) is 25.4 Å². The van der Waals surface area contributed by atoms with Gasteiger partial charge < -0.3 is 4.74 Å². The molecule has 0 aromatic carbocycles. The molecule has 14 heavy (non-hydrogen) atoms. The summed E-state index contributed by atoms with van der Waals surface area (Å²) in [4.78, 5) is 3.91. The molecule has 0 aliphatic heterocycles. The highest BCUT2D eigenvalue weighted by Gasteiger charge is 1.97. The third-order valence-corrected chi connectivity index (χ3v) is 2.11. The van der Waals surface area contributed by atoms with Crippen molar-refractivity contribution in [2.45, 2.75) is 26.9 Å². The number of ether oxygens (including phenoxy) is 1. The van der Waals surface area contributed by atoms with Crippen LogP contribution >= 0.6 is 11.6 Å². The first-order chi connectivity index (χ1) is 6.68. The van der Waals surface area contributed by atoms with E-state index in [2.05, 4.69) is 18.8 Å². The van der Waals surface area contributed by atoms with Crippen molar-refractivity contribution in [3.8, 4) is 0 Å². The van der Waals surface area contributed by atoms with E-state index in [0.29, 0.717) is 17.7 Å². The summed E-state index contributed by atoms with van der Waals surface area (Å²) in [5.74, 6) is 0.691. The molecule has 0 radical (unpaired) electrons. The van der Waals surface area contributed by atoms with Crippen LogP contribution in [0.1, 0.15) is 25.8 Å². The molecule has 1 rings (SSSR count). The van der Waals surface area contributed by atoms with Crippen LogP contribution in [0.5, 0.6) is 0 Å². The van der Waals surface area contributed by atoms with E-state index >= 15 is 0 Å². The minimum absolute atomic E-state index is 0.523. The summed E-state index contributed by atoms with van der Waals surface area (Å²) in [5.41, 5.74) is 1.08. The van der Waals surface area contributed by atoms with Crippen LogP contribution in [0.15, 0.2) is 18.3 Å². The lowest BCUT2D eigenvalue weighted by Crippen LogP contribution is -1.99. The molecular formula is C11H16ClNO. The molecule has 0 aliphatic rings. The monoisotopic (exact) mass is 213 g/mol. The molecule has 0 spiro atoms.